The van der Waals surface area contributed by atoms with E-state index in [1.807, 2.05) is 48.5 Å². The molecule has 3 N–H and O–H groups in total. The molecule has 0 amide bonds. The van der Waals surface area contributed by atoms with Crippen molar-refractivity contribution in [2.45, 2.75) is 11.4 Å². The van der Waals surface area contributed by atoms with Crippen molar-refractivity contribution in [3.05, 3.63) is 72.7 Å². The fourth-order valence-electron chi connectivity index (χ4n) is 2.93. The van der Waals surface area contributed by atoms with E-state index in [1.54, 1.807) is 37.4 Å². The molecule has 3 rings (SSSR count). The maximum absolute atomic E-state index is 12.2. The monoisotopic (exact) mass is 554 g/mol. The minimum Gasteiger partial charge on any atom is -0.355 e. The van der Waals surface area contributed by atoms with E-state index >= 15 is 0 Å². The highest BCUT2D eigenvalue weighted by molar-refractivity contribution is 14.0. The Hall–Kier alpha value is -2.44. The molecule has 0 fully saturated rings. The highest BCUT2D eigenvalue weighted by atomic mass is 127. The Balaban J connectivity index is 0.00000341. The zero-order valence-electron chi connectivity index (χ0n) is 17.4. The van der Waals surface area contributed by atoms with Crippen molar-refractivity contribution in [2.24, 2.45) is 4.99 Å². The topological polar surface area (TPSA) is 102 Å². The Morgan fingerprint density at radius 1 is 1.06 bits per heavy atom. The van der Waals surface area contributed by atoms with E-state index in [9.17, 15) is 8.42 Å². The van der Waals surface area contributed by atoms with Crippen LogP contribution in [0.1, 0.15) is 5.82 Å². The zero-order chi connectivity index (χ0) is 21.4. The lowest BCUT2D eigenvalue weighted by molar-refractivity contribution is 0.464. The molecule has 3 aromatic rings. The van der Waals surface area contributed by atoms with Gasteiger partial charge in [-0.05, 0) is 17.7 Å². The average molecular weight is 554 g/mol. The van der Waals surface area contributed by atoms with Gasteiger partial charge in [-0.2, -0.15) is 0 Å². The van der Waals surface area contributed by atoms with Gasteiger partial charge in [0.25, 0.3) is 0 Å². The van der Waals surface area contributed by atoms with E-state index in [-0.39, 0.29) is 35.4 Å². The molecule has 0 aliphatic heterocycles. The summed E-state index contributed by atoms with van der Waals surface area (Å²) in [6.45, 7) is 1.17. The third-order valence-corrected chi connectivity index (χ3v) is 5.90. The molecule has 0 bridgehead atoms. The highest BCUT2D eigenvalue weighted by Crippen LogP contribution is 2.16. The standard InChI is InChI=1S/C21H26N6O2S.HI/c1-22-21(23-13-14-25-30(28,29)18-11-7-4-8-12-18)27(2)16-20-24-15-19(26-20)17-9-5-3-6-10-17;/h3-12,15,25H,13-14,16H2,1-2H3,(H,22,23)(H,24,26);1H. The number of sulfonamides is 1. The summed E-state index contributed by atoms with van der Waals surface area (Å²) in [7, 11) is 0.0662. The molecule has 0 atom stereocenters. The normalized spacial score (nSPS) is 11.6. The lowest BCUT2D eigenvalue weighted by atomic mass is 10.2. The number of aliphatic imine (C=N–C) groups is 1. The summed E-state index contributed by atoms with van der Waals surface area (Å²) in [5.41, 5.74) is 2.03. The van der Waals surface area contributed by atoms with Gasteiger partial charge in [-0.15, -0.1) is 24.0 Å². The van der Waals surface area contributed by atoms with Crippen LogP contribution in [0.4, 0.5) is 0 Å². The van der Waals surface area contributed by atoms with Crippen LogP contribution in [-0.4, -0.2) is 56.4 Å². The number of aromatic amines is 1. The van der Waals surface area contributed by atoms with Crippen molar-refractivity contribution in [1.29, 1.82) is 0 Å². The van der Waals surface area contributed by atoms with Gasteiger partial charge >= 0.3 is 0 Å². The van der Waals surface area contributed by atoms with E-state index in [2.05, 4.69) is 25.0 Å². The molecule has 0 spiro atoms. The second-order valence-electron chi connectivity index (χ2n) is 6.65. The first-order chi connectivity index (χ1) is 14.5. The molecule has 0 radical (unpaired) electrons. The van der Waals surface area contributed by atoms with Crippen molar-refractivity contribution < 1.29 is 8.42 Å². The van der Waals surface area contributed by atoms with Gasteiger partial charge < -0.3 is 15.2 Å². The van der Waals surface area contributed by atoms with Crippen molar-refractivity contribution in [2.75, 3.05) is 27.2 Å². The number of nitrogens with zero attached hydrogens (tertiary/aromatic N) is 3. The number of H-pyrrole nitrogens is 1. The molecule has 31 heavy (non-hydrogen) atoms. The molecule has 2 aromatic carbocycles. The number of hydrogen-bond donors (Lipinski definition) is 3. The van der Waals surface area contributed by atoms with Crippen LogP contribution in [0.3, 0.4) is 0 Å². The summed E-state index contributed by atoms with van der Waals surface area (Å²) in [4.78, 5) is 14.2. The number of halogens is 1. The number of nitrogens with one attached hydrogen (secondary N) is 3. The van der Waals surface area contributed by atoms with Gasteiger partial charge in [0.2, 0.25) is 10.0 Å². The van der Waals surface area contributed by atoms with Gasteiger partial charge in [-0.1, -0.05) is 48.5 Å². The van der Waals surface area contributed by atoms with Crippen LogP contribution in [-0.2, 0) is 16.6 Å². The van der Waals surface area contributed by atoms with E-state index in [4.69, 9.17) is 0 Å². The lowest BCUT2D eigenvalue weighted by Crippen LogP contribution is -2.42. The van der Waals surface area contributed by atoms with Gasteiger partial charge in [-0.25, -0.2) is 18.1 Å². The van der Waals surface area contributed by atoms with Gasteiger partial charge in [0, 0.05) is 27.2 Å². The summed E-state index contributed by atoms with van der Waals surface area (Å²) < 4.78 is 27.1. The van der Waals surface area contributed by atoms with Crippen LogP contribution in [0.25, 0.3) is 11.3 Å². The van der Waals surface area contributed by atoms with Gasteiger partial charge in [0.05, 0.1) is 23.3 Å². The van der Waals surface area contributed by atoms with Crippen molar-refractivity contribution >= 4 is 40.0 Å². The molecular weight excluding hydrogens is 527 g/mol. The van der Waals surface area contributed by atoms with Gasteiger partial charge in [-0.3, -0.25) is 4.99 Å². The summed E-state index contributed by atoms with van der Waals surface area (Å²) in [5.74, 6) is 1.45. The predicted octanol–water partition coefficient (Wildman–Crippen LogP) is 2.68. The Morgan fingerprint density at radius 3 is 2.35 bits per heavy atom. The maximum Gasteiger partial charge on any atom is 0.240 e. The second-order valence-corrected chi connectivity index (χ2v) is 8.42. The number of imidazole rings is 1. The third kappa shape index (κ3) is 7.04. The summed E-state index contributed by atoms with van der Waals surface area (Å²) in [6, 6.07) is 18.3. The molecule has 1 heterocycles. The van der Waals surface area contributed by atoms with Crippen LogP contribution < -0.4 is 10.0 Å². The largest absolute Gasteiger partial charge is 0.355 e. The summed E-state index contributed by atoms with van der Waals surface area (Å²) in [6.07, 6.45) is 1.81. The molecule has 10 heteroatoms. The number of rotatable bonds is 8. The molecule has 166 valence electrons. The first-order valence-electron chi connectivity index (χ1n) is 9.55. The Morgan fingerprint density at radius 2 is 1.71 bits per heavy atom. The molecule has 1 aromatic heterocycles. The smallest absolute Gasteiger partial charge is 0.240 e. The lowest BCUT2D eigenvalue weighted by Gasteiger charge is -2.21. The van der Waals surface area contributed by atoms with Gasteiger partial charge in [0.15, 0.2) is 5.96 Å². The van der Waals surface area contributed by atoms with E-state index in [0.717, 1.165) is 17.1 Å². The van der Waals surface area contributed by atoms with E-state index in [0.29, 0.717) is 19.0 Å². The fraction of sp³-hybridized carbons (Fsp3) is 0.238. The van der Waals surface area contributed by atoms with Crippen LogP contribution >= 0.6 is 24.0 Å². The molecule has 8 nitrogen and oxygen atoms in total. The van der Waals surface area contributed by atoms with Crippen LogP contribution in [0, 0.1) is 0 Å². The first kappa shape index (κ1) is 24.8. The third-order valence-electron chi connectivity index (χ3n) is 4.43. The van der Waals surface area contributed by atoms with Crippen molar-refractivity contribution in [3.63, 3.8) is 0 Å². The van der Waals surface area contributed by atoms with Crippen molar-refractivity contribution in [1.82, 2.24) is 24.9 Å². The summed E-state index contributed by atoms with van der Waals surface area (Å²) >= 11 is 0. The van der Waals surface area contributed by atoms with E-state index in [1.165, 1.54) is 0 Å². The molecule has 0 saturated heterocycles. The van der Waals surface area contributed by atoms with Crippen molar-refractivity contribution in [3.8, 4) is 11.3 Å². The van der Waals surface area contributed by atoms with Crippen LogP contribution in [0.2, 0.25) is 0 Å². The summed E-state index contributed by atoms with van der Waals surface area (Å²) in [5, 5.41) is 3.16. The SMILES string of the molecule is CN=C(NCCNS(=O)(=O)c1ccccc1)N(C)Cc1ncc(-c2ccccc2)[nH]1.I. The van der Waals surface area contributed by atoms with Crippen LogP contribution in [0.5, 0.6) is 0 Å². The zero-order valence-corrected chi connectivity index (χ0v) is 20.6. The molecule has 0 saturated carbocycles. The number of aromatic nitrogens is 2. The maximum atomic E-state index is 12.2. The Bertz CT molecular complexity index is 1070. The number of guanidine groups is 1. The van der Waals surface area contributed by atoms with E-state index < -0.39 is 10.0 Å². The average Bonchev–Trinajstić information content (AvgIpc) is 3.23. The second kappa shape index (κ2) is 11.8. The Kier molecular flexibility index (Phi) is 9.46. The predicted molar refractivity (Wildman–Crippen MR) is 134 cm³/mol. The molecule has 0 aliphatic carbocycles. The molecule has 0 aliphatic rings. The minimum atomic E-state index is -3.52. The van der Waals surface area contributed by atoms with Gasteiger partial charge in [0.1, 0.15) is 5.82 Å². The Labute approximate surface area is 200 Å². The fourth-order valence-corrected chi connectivity index (χ4v) is 3.99. The van der Waals surface area contributed by atoms with Crippen LogP contribution in [0.15, 0.2) is 76.7 Å². The molecule has 0 unspecified atom stereocenters. The molecular formula is C21H27IN6O2S. The quantitative estimate of drug-likeness (QED) is 0.172. The number of benzene rings is 2. The first-order valence-corrected chi connectivity index (χ1v) is 11.0. The highest BCUT2D eigenvalue weighted by Gasteiger charge is 2.13. The minimum absolute atomic E-state index is 0. The number of hydrogen-bond acceptors (Lipinski definition) is 4.